The first-order chi connectivity index (χ1) is 8.97. The quantitative estimate of drug-likeness (QED) is 0.874. The molecule has 2 atom stereocenters. The van der Waals surface area contributed by atoms with Crippen molar-refractivity contribution in [2.45, 2.75) is 38.0 Å². The summed E-state index contributed by atoms with van der Waals surface area (Å²) in [7, 11) is 2.12. The van der Waals surface area contributed by atoms with Crippen LogP contribution in [0.4, 0.5) is 0 Å². The van der Waals surface area contributed by atoms with Crippen molar-refractivity contribution in [3.05, 3.63) is 34.3 Å². The fourth-order valence-electron chi connectivity index (χ4n) is 3.02. The summed E-state index contributed by atoms with van der Waals surface area (Å²) in [6.45, 7) is 3.05. The lowest BCUT2D eigenvalue weighted by Gasteiger charge is -2.39. The first kappa shape index (κ1) is 15.0. The van der Waals surface area contributed by atoms with Crippen molar-refractivity contribution in [2.24, 2.45) is 11.7 Å². The molecule has 3 N–H and O–H groups in total. The minimum absolute atomic E-state index is 0.0734. The van der Waals surface area contributed by atoms with Crippen molar-refractivity contribution in [1.82, 2.24) is 4.90 Å². The number of aliphatic hydroxyl groups is 1. The van der Waals surface area contributed by atoms with Crippen molar-refractivity contribution < 1.29 is 5.11 Å². The van der Waals surface area contributed by atoms with Crippen LogP contribution in [0.2, 0.25) is 0 Å². The molecule has 0 saturated heterocycles. The van der Waals surface area contributed by atoms with Gasteiger partial charge in [0.1, 0.15) is 0 Å². The van der Waals surface area contributed by atoms with E-state index in [4.69, 9.17) is 5.73 Å². The maximum absolute atomic E-state index is 9.38. The summed E-state index contributed by atoms with van der Waals surface area (Å²) in [5.74, 6) is 0.605. The van der Waals surface area contributed by atoms with Crippen LogP contribution in [0.5, 0.6) is 0 Å². The molecule has 19 heavy (non-hydrogen) atoms. The molecule has 3 nitrogen and oxygen atoms in total. The van der Waals surface area contributed by atoms with Crippen molar-refractivity contribution in [2.75, 3.05) is 13.6 Å². The normalized spacial score (nSPS) is 26.0. The zero-order valence-electron chi connectivity index (χ0n) is 11.6. The molecule has 2 rings (SSSR count). The SMILES string of the molecule is CC(N)C(c1cccc(Br)c1)N(C)CC1CC(O)C1. The van der Waals surface area contributed by atoms with Crippen LogP contribution in [0.25, 0.3) is 0 Å². The van der Waals surface area contributed by atoms with E-state index in [1.165, 1.54) is 5.56 Å². The number of aliphatic hydroxyl groups excluding tert-OH is 1. The molecular weight excluding hydrogens is 304 g/mol. The van der Waals surface area contributed by atoms with E-state index in [1.54, 1.807) is 0 Å². The summed E-state index contributed by atoms with van der Waals surface area (Å²) >= 11 is 3.52. The predicted molar refractivity (Wildman–Crippen MR) is 81.9 cm³/mol. The van der Waals surface area contributed by atoms with Gasteiger partial charge in [-0.05, 0) is 50.4 Å². The van der Waals surface area contributed by atoms with Gasteiger partial charge in [0, 0.05) is 23.1 Å². The first-order valence-corrected chi connectivity index (χ1v) is 7.66. The molecule has 0 radical (unpaired) electrons. The number of halogens is 1. The smallest absolute Gasteiger partial charge is 0.0546 e. The van der Waals surface area contributed by atoms with E-state index in [2.05, 4.69) is 53.0 Å². The van der Waals surface area contributed by atoms with Crippen molar-refractivity contribution in [3.8, 4) is 0 Å². The fraction of sp³-hybridized carbons (Fsp3) is 0.600. The van der Waals surface area contributed by atoms with Crippen molar-refractivity contribution in [3.63, 3.8) is 0 Å². The Morgan fingerprint density at radius 2 is 2.16 bits per heavy atom. The van der Waals surface area contributed by atoms with Gasteiger partial charge in [0.05, 0.1) is 6.10 Å². The van der Waals surface area contributed by atoms with E-state index in [0.29, 0.717) is 5.92 Å². The minimum Gasteiger partial charge on any atom is -0.393 e. The molecule has 0 amide bonds. The van der Waals surface area contributed by atoms with Gasteiger partial charge in [0.15, 0.2) is 0 Å². The zero-order valence-corrected chi connectivity index (χ0v) is 13.2. The van der Waals surface area contributed by atoms with Crippen molar-refractivity contribution in [1.29, 1.82) is 0 Å². The lowest BCUT2D eigenvalue weighted by molar-refractivity contribution is 0.0203. The van der Waals surface area contributed by atoms with Crippen LogP contribution in [-0.4, -0.2) is 35.7 Å². The molecule has 0 aromatic heterocycles. The second-order valence-corrected chi connectivity index (χ2v) is 6.71. The van der Waals surface area contributed by atoms with E-state index in [1.807, 2.05) is 6.07 Å². The Morgan fingerprint density at radius 3 is 2.68 bits per heavy atom. The largest absolute Gasteiger partial charge is 0.393 e. The summed E-state index contributed by atoms with van der Waals surface area (Å²) < 4.78 is 1.09. The molecule has 0 spiro atoms. The predicted octanol–water partition coefficient (Wildman–Crippen LogP) is 2.54. The maximum Gasteiger partial charge on any atom is 0.0546 e. The number of likely N-dealkylation sites (N-methyl/N-ethyl adjacent to an activating group) is 1. The monoisotopic (exact) mass is 326 g/mol. The lowest BCUT2D eigenvalue weighted by atomic mass is 9.81. The Morgan fingerprint density at radius 1 is 1.47 bits per heavy atom. The molecule has 1 saturated carbocycles. The molecule has 4 heteroatoms. The highest BCUT2D eigenvalue weighted by Gasteiger charge is 2.31. The van der Waals surface area contributed by atoms with Crippen LogP contribution in [0.15, 0.2) is 28.7 Å². The summed E-state index contributed by atoms with van der Waals surface area (Å²) in [4.78, 5) is 2.32. The molecule has 1 aliphatic carbocycles. The first-order valence-electron chi connectivity index (χ1n) is 6.86. The van der Waals surface area contributed by atoms with Gasteiger partial charge < -0.3 is 10.8 Å². The summed E-state index contributed by atoms with van der Waals surface area (Å²) in [5.41, 5.74) is 7.42. The average molecular weight is 327 g/mol. The molecule has 1 aliphatic rings. The number of benzene rings is 1. The third-order valence-corrected chi connectivity index (χ3v) is 4.41. The Balaban J connectivity index is 2.06. The van der Waals surface area contributed by atoms with Gasteiger partial charge in [-0.1, -0.05) is 28.1 Å². The van der Waals surface area contributed by atoms with Gasteiger partial charge in [-0.25, -0.2) is 0 Å². The van der Waals surface area contributed by atoms with Gasteiger partial charge in [0.2, 0.25) is 0 Å². The van der Waals surface area contributed by atoms with Crippen LogP contribution in [0, 0.1) is 5.92 Å². The topological polar surface area (TPSA) is 49.5 Å². The van der Waals surface area contributed by atoms with E-state index in [-0.39, 0.29) is 18.2 Å². The van der Waals surface area contributed by atoms with Crippen LogP contribution in [0.1, 0.15) is 31.4 Å². The highest BCUT2D eigenvalue weighted by atomic mass is 79.9. The van der Waals surface area contributed by atoms with E-state index < -0.39 is 0 Å². The zero-order chi connectivity index (χ0) is 14.0. The number of rotatable bonds is 5. The van der Waals surface area contributed by atoms with Gasteiger partial charge in [-0.3, -0.25) is 4.90 Å². The molecule has 0 aliphatic heterocycles. The van der Waals surface area contributed by atoms with Crippen LogP contribution >= 0.6 is 15.9 Å². The second-order valence-electron chi connectivity index (χ2n) is 5.79. The maximum atomic E-state index is 9.38. The number of nitrogens with two attached hydrogens (primary N) is 1. The standard InChI is InChI=1S/C15H23BrN2O/c1-10(17)15(12-4-3-5-13(16)8-12)18(2)9-11-6-14(19)7-11/h3-5,8,10-11,14-15,19H,6-7,9,17H2,1-2H3. The number of hydrogen-bond donors (Lipinski definition) is 2. The van der Waals surface area contributed by atoms with Crippen LogP contribution in [-0.2, 0) is 0 Å². The molecule has 2 unspecified atom stereocenters. The molecule has 0 heterocycles. The Bertz CT molecular complexity index is 418. The summed E-state index contributed by atoms with van der Waals surface area (Å²) in [6.07, 6.45) is 1.77. The Labute approximate surface area is 123 Å². The number of hydrogen-bond acceptors (Lipinski definition) is 3. The second kappa shape index (κ2) is 6.35. The average Bonchev–Trinajstić information content (AvgIpc) is 2.26. The van der Waals surface area contributed by atoms with Gasteiger partial charge >= 0.3 is 0 Å². The van der Waals surface area contributed by atoms with Gasteiger partial charge in [0.25, 0.3) is 0 Å². The molecular formula is C15H23BrN2O. The van der Waals surface area contributed by atoms with Crippen LogP contribution < -0.4 is 5.73 Å². The molecule has 0 bridgehead atoms. The van der Waals surface area contributed by atoms with E-state index >= 15 is 0 Å². The molecule has 106 valence electrons. The Hall–Kier alpha value is -0.420. The van der Waals surface area contributed by atoms with Crippen molar-refractivity contribution >= 4 is 15.9 Å². The lowest BCUT2D eigenvalue weighted by Crippen LogP contribution is -2.43. The van der Waals surface area contributed by atoms with Gasteiger partial charge in [-0.15, -0.1) is 0 Å². The summed E-state index contributed by atoms with van der Waals surface area (Å²) in [6, 6.07) is 8.64. The summed E-state index contributed by atoms with van der Waals surface area (Å²) in [5, 5.41) is 9.38. The van der Waals surface area contributed by atoms with Crippen LogP contribution in [0.3, 0.4) is 0 Å². The fourth-order valence-corrected chi connectivity index (χ4v) is 3.44. The minimum atomic E-state index is -0.0852. The third-order valence-electron chi connectivity index (χ3n) is 3.92. The van der Waals surface area contributed by atoms with E-state index in [9.17, 15) is 5.11 Å². The highest BCUT2D eigenvalue weighted by Crippen LogP contribution is 2.31. The molecule has 1 aromatic carbocycles. The molecule has 1 aromatic rings. The highest BCUT2D eigenvalue weighted by molar-refractivity contribution is 9.10. The third kappa shape index (κ3) is 3.78. The Kier molecular flexibility index (Phi) is 5.01. The van der Waals surface area contributed by atoms with E-state index in [0.717, 1.165) is 23.9 Å². The van der Waals surface area contributed by atoms with Gasteiger partial charge in [-0.2, -0.15) is 0 Å². The molecule has 1 fully saturated rings. The number of nitrogens with zero attached hydrogens (tertiary/aromatic N) is 1.